The molecular weight excluding hydrogens is 248 g/mol. The highest BCUT2D eigenvalue weighted by molar-refractivity contribution is 7.98. The Labute approximate surface area is 111 Å². The van der Waals surface area contributed by atoms with Crippen LogP contribution in [0.15, 0.2) is 29.2 Å². The predicted octanol–water partition coefficient (Wildman–Crippen LogP) is 3.09. The maximum atomic E-state index is 12.3. The molecule has 0 spiro atoms. The van der Waals surface area contributed by atoms with Crippen LogP contribution in [0.5, 0.6) is 0 Å². The van der Waals surface area contributed by atoms with Gasteiger partial charge in [-0.1, -0.05) is 18.6 Å². The van der Waals surface area contributed by atoms with E-state index in [1.165, 1.54) is 0 Å². The fourth-order valence-electron chi connectivity index (χ4n) is 2.54. The lowest BCUT2D eigenvalue weighted by Crippen LogP contribution is -2.25. The third-order valence-corrected chi connectivity index (χ3v) is 4.29. The number of ketones is 1. The first-order valence-electron chi connectivity index (χ1n) is 6.04. The zero-order valence-corrected chi connectivity index (χ0v) is 11.1. The number of hydrogen-bond donors (Lipinski definition) is 1. The number of carbonyl (C=O) groups is 2. The second-order valence-electron chi connectivity index (χ2n) is 4.57. The Morgan fingerprint density at radius 1 is 1.17 bits per heavy atom. The van der Waals surface area contributed by atoms with Crippen LogP contribution in [0, 0.1) is 11.8 Å². The largest absolute Gasteiger partial charge is 0.481 e. The molecule has 1 aromatic rings. The molecule has 0 saturated heterocycles. The normalized spacial score (nSPS) is 22.9. The number of aliphatic carboxylic acids is 1. The van der Waals surface area contributed by atoms with Gasteiger partial charge >= 0.3 is 5.97 Å². The fraction of sp³-hybridized carbons (Fsp3) is 0.429. The molecule has 0 bridgehead atoms. The van der Waals surface area contributed by atoms with E-state index in [1.54, 1.807) is 23.9 Å². The van der Waals surface area contributed by atoms with Crippen LogP contribution in [-0.2, 0) is 4.79 Å². The Morgan fingerprint density at radius 3 is 2.33 bits per heavy atom. The van der Waals surface area contributed by atoms with Crippen molar-refractivity contribution in [1.29, 1.82) is 0 Å². The van der Waals surface area contributed by atoms with E-state index in [4.69, 9.17) is 5.11 Å². The first-order chi connectivity index (χ1) is 8.63. The quantitative estimate of drug-likeness (QED) is 0.670. The van der Waals surface area contributed by atoms with Crippen molar-refractivity contribution in [1.82, 2.24) is 0 Å². The van der Waals surface area contributed by atoms with Gasteiger partial charge in [-0.15, -0.1) is 11.8 Å². The molecule has 1 saturated carbocycles. The van der Waals surface area contributed by atoms with Gasteiger partial charge in [0.2, 0.25) is 0 Å². The summed E-state index contributed by atoms with van der Waals surface area (Å²) in [5.41, 5.74) is 0.631. The van der Waals surface area contributed by atoms with Crippen molar-refractivity contribution < 1.29 is 14.7 Å². The van der Waals surface area contributed by atoms with Gasteiger partial charge in [-0.25, -0.2) is 0 Å². The Kier molecular flexibility index (Phi) is 4.07. The van der Waals surface area contributed by atoms with E-state index in [9.17, 15) is 9.59 Å². The van der Waals surface area contributed by atoms with Gasteiger partial charge < -0.3 is 5.11 Å². The summed E-state index contributed by atoms with van der Waals surface area (Å²) in [6.45, 7) is 0. The Bertz CT molecular complexity index is 453. The van der Waals surface area contributed by atoms with Gasteiger partial charge in [0.1, 0.15) is 0 Å². The number of carbonyl (C=O) groups excluding carboxylic acids is 1. The maximum Gasteiger partial charge on any atom is 0.307 e. The van der Waals surface area contributed by atoms with Gasteiger partial charge in [0.15, 0.2) is 5.78 Å². The van der Waals surface area contributed by atoms with E-state index in [2.05, 4.69) is 0 Å². The Morgan fingerprint density at radius 2 is 1.78 bits per heavy atom. The maximum absolute atomic E-state index is 12.3. The molecule has 0 radical (unpaired) electrons. The van der Waals surface area contributed by atoms with Crippen LogP contribution in [0.3, 0.4) is 0 Å². The number of thioether (sulfide) groups is 1. The van der Waals surface area contributed by atoms with Crippen LogP contribution in [0.1, 0.15) is 29.6 Å². The smallest absolute Gasteiger partial charge is 0.307 e. The summed E-state index contributed by atoms with van der Waals surface area (Å²) < 4.78 is 0. The van der Waals surface area contributed by atoms with E-state index in [0.29, 0.717) is 18.4 Å². The zero-order chi connectivity index (χ0) is 13.1. The highest BCUT2D eigenvalue weighted by Crippen LogP contribution is 2.34. The van der Waals surface area contributed by atoms with Crippen molar-refractivity contribution in [3.8, 4) is 0 Å². The second kappa shape index (κ2) is 5.57. The Balaban J connectivity index is 2.17. The second-order valence-corrected chi connectivity index (χ2v) is 5.45. The van der Waals surface area contributed by atoms with E-state index < -0.39 is 11.9 Å². The molecule has 0 aromatic heterocycles. The lowest BCUT2D eigenvalue weighted by molar-refractivity contribution is -0.142. The summed E-state index contributed by atoms with van der Waals surface area (Å²) in [5.74, 6) is -1.71. The van der Waals surface area contributed by atoms with Gasteiger partial charge in [-0.3, -0.25) is 9.59 Å². The summed E-state index contributed by atoms with van der Waals surface area (Å²) in [4.78, 5) is 24.5. The van der Waals surface area contributed by atoms with Crippen molar-refractivity contribution in [2.75, 3.05) is 6.26 Å². The molecule has 4 heteroatoms. The van der Waals surface area contributed by atoms with Crippen molar-refractivity contribution >= 4 is 23.5 Å². The predicted molar refractivity (Wildman–Crippen MR) is 71.0 cm³/mol. The lowest BCUT2D eigenvalue weighted by atomic mass is 9.88. The zero-order valence-electron chi connectivity index (χ0n) is 10.3. The average Bonchev–Trinajstić information content (AvgIpc) is 2.87. The molecule has 2 atom stereocenters. The molecule has 0 heterocycles. The molecule has 0 unspecified atom stereocenters. The first-order valence-corrected chi connectivity index (χ1v) is 7.27. The molecule has 3 nitrogen and oxygen atoms in total. The standard InChI is InChI=1S/C14H16O3S/c1-18-10-7-5-9(6-8-10)13(15)11-3-2-4-12(11)14(16)17/h5-8,11-12H,2-4H2,1H3,(H,16,17)/t11-,12-/m0/s1. The van der Waals surface area contributed by atoms with Gasteiger partial charge in [-0.05, 0) is 31.2 Å². The SMILES string of the molecule is CSc1ccc(C(=O)[C@H]2CCC[C@@H]2C(=O)O)cc1. The summed E-state index contributed by atoms with van der Waals surface area (Å²) in [5, 5.41) is 9.11. The number of Topliss-reactive ketones (excluding diaryl/α,β-unsaturated/α-hetero) is 1. The fourth-order valence-corrected chi connectivity index (χ4v) is 2.95. The number of hydrogen-bond acceptors (Lipinski definition) is 3. The average molecular weight is 264 g/mol. The van der Waals surface area contributed by atoms with Crippen LogP contribution < -0.4 is 0 Å². The van der Waals surface area contributed by atoms with Gasteiger partial charge in [0.05, 0.1) is 5.92 Å². The number of rotatable bonds is 4. The minimum absolute atomic E-state index is 0.0208. The van der Waals surface area contributed by atoms with Crippen molar-refractivity contribution in [3.05, 3.63) is 29.8 Å². The molecule has 0 aliphatic heterocycles. The van der Waals surface area contributed by atoms with Crippen LogP contribution >= 0.6 is 11.8 Å². The number of carboxylic acid groups (broad SMARTS) is 1. The Hall–Kier alpha value is -1.29. The molecular formula is C14H16O3S. The molecule has 1 aromatic carbocycles. The molecule has 0 amide bonds. The molecule has 18 heavy (non-hydrogen) atoms. The molecule has 96 valence electrons. The molecule has 2 rings (SSSR count). The van der Waals surface area contributed by atoms with Crippen molar-refractivity contribution in [2.24, 2.45) is 11.8 Å². The summed E-state index contributed by atoms with van der Waals surface area (Å²) in [6.07, 6.45) is 4.12. The van der Waals surface area contributed by atoms with Crippen molar-refractivity contribution in [2.45, 2.75) is 24.2 Å². The highest BCUT2D eigenvalue weighted by Gasteiger charge is 2.37. The summed E-state index contributed by atoms with van der Waals surface area (Å²) in [7, 11) is 0. The number of carboxylic acids is 1. The third kappa shape index (κ3) is 2.58. The third-order valence-electron chi connectivity index (χ3n) is 3.54. The van der Waals surface area contributed by atoms with E-state index in [0.717, 1.165) is 11.3 Å². The van der Waals surface area contributed by atoms with Gasteiger partial charge in [0, 0.05) is 16.4 Å². The van der Waals surface area contributed by atoms with Gasteiger partial charge in [0.25, 0.3) is 0 Å². The van der Waals surface area contributed by atoms with E-state index >= 15 is 0 Å². The minimum atomic E-state index is -0.841. The molecule has 1 N–H and O–H groups in total. The van der Waals surface area contributed by atoms with Crippen LogP contribution in [0.4, 0.5) is 0 Å². The van der Waals surface area contributed by atoms with E-state index in [-0.39, 0.29) is 11.7 Å². The topological polar surface area (TPSA) is 54.4 Å². The lowest BCUT2D eigenvalue weighted by Gasteiger charge is -2.14. The summed E-state index contributed by atoms with van der Waals surface area (Å²) in [6, 6.07) is 7.40. The molecule has 1 aliphatic carbocycles. The van der Waals surface area contributed by atoms with Crippen molar-refractivity contribution in [3.63, 3.8) is 0 Å². The van der Waals surface area contributed by atoms with E-state index in [1.807, 2.05) is 18.4 Å². The first kappa shape index (κ1) is 13.1. The minimum Gasteiger partial charge on any atom is -0.481 e. The van der Waals surface area contributed by atoms with Crippen LogP contribution in [-0.4, -0.2) is 23.1 Å². The monoisotopic (exact) mass is 264 g/mol. The van der Waals surface area contributed by atoms with Crippen LogP contribution in [0.2, 0.25) is 0 Å². The summed E-state index contributed by atoms with van der Waals surface area (Å²) >= 11 is 1.62. The van der Waals surface area contributed by atoms with Crippen LogP contribution in [0.25, 0.3) is 0 Å². The van der Waals surface area contributed by atoms with Gasteiger partial charge in [-0.2, -0.15) is 0 Å². The number of benzene rings is 1. The molecule has 1 fully saturated rings. The molecule has 1 aliphatic rings. The highest BCUT2D eigenvalue weighted by atomic mass is 32.2.